The predicted molar refractivity (Wildman–Crippen MR) is 76.4 cm³/mol. The molecule has 0 heterocycles. The van der Waals surface area contributed by atoms with Crippen LogP contribution in [0.3, 0.4) is 0 Å². The second kappa shape index (κ2) is 6.38. The molecule has 0 fully saturated rings. The minimum atomic E-state index is -0.555. The number of aldehydes is 1. The lowest BCUT2D eigenvalue weighted by Gasteiger charge is -2.19. The summed E-state index contributed by atoms with van der Waals surface area (Å²) in [5.74, 6) is 0. The van der Waals surface area contributed by atoms with E-state index in [-0.39, 0.29) is 0 Å². The molecule has 0 spiro atoms. The Morgan fingerprint density at radius 3 is 2.58 bits per heavy atom. The minimum Gasteiger partial charge on any atom is -0.444 e. The van der Waals surface area contributed by atoms with Crippen molar-refractivity contribution in [2.75, 3.05) is 5.32 Å². The van der Waals surface area contributed by atoms with Crippen LogP contribution in [0.4, 0.5) is 10.5 Å². The fourth-order valence-corrected chi connectivity index (χ4v) is 1.55. The number of benzene rings is 1. The Bertz CT molecular complexity index is 504. The van der Waals surface area contributed by atoms with E-state index in [1.54, 1.807) is 45.0 Å². The number of carbonyl (C=O) groups is 2. The Morgan fingerprint density at radius 2 is 2.05 bits per heavy atom. The van der Waals surface area contributed by atoms with Crippen molar-refractivity contribution in [3.8, 4) is 0 Å². The van der Waals surface area contributed by atoms with Gasteiger partial charge in [-0.2, -0.15) is 0 Å². The van der Waals surface area contributed by atoms with Gasteiger partial charge in [0.1, 0.15) is 11.9 Å². The number of carbonyl (C=O) groups excluding carboxylic acids is 2. The van der Waals surface area contributed by atoms with Crippen LogP contribution in [0.1, 0.15) is 26.3 Å². The highest BCUT2D eigenvalue weighted by atomic mass is 35.5. The molecule has 0 radical (unpaired) electrons. The summed E-state index contributed by atoms with van der Waals surface area (Å²) in [5.41, 5.74) is 0.673. The lowest BCUT2D eigenvalue weighted by Crippen LogP contribution is -2.27. The molecule has 4 nitrogen and oxygen atoms in total. The Balaban J connectivity index is 2.76. The first-order valence-electron chi connectivity index (χ1n) is 5.73. The van der Waals surface area contributed by atoms with E-state index < -0.39 is 11.7 Å². The molecule has 1 aromatic carbocycles. The van der Waals surface area contributed by atoms with Crippen LogP contribution < -0.4 is 5.32 Å². The van der Waals surface area contributed by atoms with Gasteiger partial charge >= 0.3 is 6.09 Å². The highest BCUT2D eigenvalue weighted by molar-refractivity contribution is 6.32. The zero-order chi connectivity index (χ0) is 14.5. The van der Waals surface area contributed by atoms with Crippen LogP contribution in [0.15, 0.2) is 24.3 Å². The average molecular weight is 282 g/mol. The van der Waals surface area contributed by atoms with Crippen molar-refractivity contribution in [1.82, 2.24) is 0 Å². The standard InChI is InChI=1S/C14H16ClNO3/c1-14(2,3)19-13(18)16-11-7-6-10(5-4-8-17)12(15)9-11/h4-9H,1-3H3,(H,16,18)/b5-4+. The monoisotopic (exact) mass is 281 g/mol. The number of amides is 1. The van der Waals surface area contributed by atoms with Crippen molar-refractivity contribution < 1.29 is 14.3 Å². The Labute approximate surface area is 117 Å². The first-order chi connectivity index (χ1) is 8.81. The first-order valence-corrected chi connectivity index (χ1v) is 6.11. The summed E-state index contributed by atoms with van der Waals surface area (Å²) < 4.78 is 5.12. The van der Waals surface area contributed by atoms with E-state index in [1.165, 1.54) is 6.08 Å². The van der Waals surface area contributed by atoms with Gasteiger partial charge in [0.05, 0.1) is 0 Å². The van der Waals surface area contributed by atoms with E-state index >= 15 is 0 Å². The Hall–Kier alpha value is -1.81. The smallest absolute Gasteiger partial charge is 0.412 e. The van der Waals surface area contributed by atoms with Crippen molar-refractivity contribution >= 4 is 35.7 Å². The number of ether oxygens (including phenoxy) is 1. The quantitative estimate of drug-likeness (QED) is 0.675. The molecule has 0 atom stereocenters. The van der Waals surface area contributed by atoms with Gasteiger partial charge in [-0.3, -0.25) is 10.1 Å². The molecular weight excluding hydrogens is 266 g/mol. The molecule has 0 aliphatic carbocycles. The highest BCUT2D eigenvalue weighted by Gasteiger charge is 2.16. The van der Waals surface area contributed by atoms with Crippen molar-refractivity contribution in [2.45, 2.75) is 26.4 Å². The van der Waals surface area contributed by atoms with Gasteiger partial charge < -0.3 is 4.74 Å². The Morgan fingerprint density at radius 1 is 1.37 bits per heavy atom. The van der Waals surface area contributed by atoms with Crippen LogP contribution in [0.5, 0.6) is 0 Å². The van der Waals surface area contributed by atoms with Gasteiger partial charge in [0.15, 0.2) is 0 Å². The van der Waals surface area contributed by atoms with Gasteiger partial charge in [0, 0.05) is 10.7 Å². The Kier molecular flexibility index (Phi) is 5.12. The molecule has 0 aromatic heterocycles. The van der Waals surface area contributed by atoms with Crippen molar-refractivity contribution in [1.29, 1.82) is 0 Å². The molecule has 102 valence electrons. The SMILES string of the molecule is CC(C)(C)OC(=O)Nc1ccc(/C=C/C=O)c(Cl)c1. The summed E-state index contributed by atoms with van der Waals surface area (Å²) in [6.45, 7) is 5.35. The van der Waals surface area contributed by atoms with Crippen LogP contribution in [0.25, 0.3) is 6.08 Å². The van der Waals surface area contributed by atoms with Gasteiger partial charge in [-0.05, 0) is 44.5 Å². The van der Waals surface area contributed by atoms with Gasteiger partial charge in [-0.1, -0.05) is 23.7 Å². The maximum absolute atomic E-state index is 11.6. The molecule has 1 rings (SSSR count). The summed E-state index contributed by atoms with van der Waals surface area (Å²) in [7, 11) is 0. The van der Waals surface area contributed by atoms with Gasteiger partial charge in [-0.15, -0.1) is 0 Å². The third-order valence-corrected chi connectivity index (χ3v) is 2.33. The summed E-state index contributed by atoms with van der Waals surface area (Å²) in [6.07, 6.45) is 3.07. The molecule has 0 unspecified atom stereocenters. The summed E-state index contributed by atoms with van der Waals surface area (Å²) in [4.78, 5) is 21.8. The molecule has 1 aromatic rings. The van der Waals surface area contributed by atoms with E-state index in [4.69, 9.17) is 16.3 Å². The van der Waals surface area contributed by atoms with Crippen molar-refractivity contribution in [3.05, 3.63) is 34.9 Å². The lowest BCUT2D eigenvalue weighted by molar-refractivity contribution is -0.104. The fraction of sp³-hybridized carbons (Fsp3) is 0.286. The van der Waals surface area contributed by atoms with Crippen LogP contribution in [0.2, 0.25) is 5.02 Å². The van der Waals surface area contributed by atoms with E-state index in [0.717, 1.165) is 0 Å². The molecule has 0 saturated heterocycles. The topological polar surface area (TPSA) is 55.4 Å². The molecule has 19 heavy (non-hydrogen) atoms. The molecular formula is C14H16ClNO3. The molecule has 0 aliphatic heterocycles. The third kappa shape index (κ3) is 5.57. The molecule has 1 N–H and O–H groups in total. The van der Waals surface area contributed by atoms with E-state index in [2.05, 4.69) is 5.32 Å². The zero-order valence-electron chi connectivity index (χ0n) is 11.1. The van der Waals surface area contributed by atoms with Gasteiger partial charge in [0.2, 0.25) is 0 Å². The van der Waals surface area contributed by atoms with E-state index in [0.29, 0.717) is 22.6 Å². The second-order valence-electron chi connectivity index (χ2n) is 4.86. The van der Waals surface area contributed by atoms with Crippen LogP contribution >= 0.6 is 11.6 Å². The third-order valence-electron chi connectivity index (χ3n) is 2.00. The largest absolute Gasteiger partial charge is 0.444 e. The van der Waals surface area contributed by atoms with Gasteiger partial charge in [-0.25, -0.2) is 4.79 Å². The van der Waals surface area contributed by atoms with Crippen LogP contribution in [-0.4, -0.2) is 18.0 Å². The van der Waals surface area contributed by atoms with Crippen molar-refractivity contribution in [3.63, 3.8) is 0 Å². The molecule has 1 amide bonds. The minimum absolute atomic E-state index is 0.437. The number of hydrogen-bond acceptors (Lipinski definition) is 3. The maximum atomic E-state index is 11.6. The van der Waals surface area contributed by atoms with E-state index in [9.17, 15) is 9.59 Å². The number of hydrogen-bond donors (Lipinski definition) is 1. The summed E-state index contributed by atoms with van der Waals surface area (Å²) >= 11 is 6.02. The van der Waals surface area contributed by atoms with Crippen molar-refractivity contribution in [2.24, 2.45) is 0 Å². The predicted octanol–water partition coefficient (Wildman–Crippen LogP) is 3.90. The first kappa shape index (κ1) is 15.2. The number of halogens is 1. The van der Waals surface area contributed by atoms with Crippen LogP contribution in [-0.2, 0) is 9.53 Å². The second-order valence-corrected chi connectivity index (χ2v) is 5.27. The summed E-state index contributed by atoms with van der Waals surface area (Å²) in [6, 6.07) is 4.98. The number of allylic oxidation sites excluding steroid dienone is 1. The highest BCUT2D eigenvalue weighted by Crippen LogP contribution is 2.22. The normalized spacial score (nSPS) is 11.4. The fourth-order valence-electron chi connectivity index (χ4n) is 1.30. The van der Waals surface area contributed by atoms with Crippen LogP contribution in [0, 0.1) is 0 Å². The van der Waals surface area contributed by atoms with E-state index in [1.807, 2.05) is 0 Å². The maximum Gasteiger partial charge on any atom is 0.412 e. The molecule has 5 heteroatoms. The zero-order valence-corrected chi connectivity index (χ0v) is 11.8. The number of nitrogens with one attached hydrogen (secondary N) is 1. The molecule has 0 saturated carbocycles. The number of anilines is 1. The van der Waals surface area contributed by atoms with Gasteiger partial charge in [0.25, 0.3) is 0 Å². The average Bonchev–Trinajstić information content (AvgIpc) is 2.25. The lowest BCUT2D eigenvalue weighted by atomic mass is 10.2. The summed E-state index contributed by atoms with van der Waals surface area (Å²) in [5, 5.41) is 3.02. The number of rotatable bonds is 3. The molecule has 0 aliphatic rings. The molecule has 0 bridgehead atoms.